The molecule has 0 amide bonds. The summed E-state index contributed by atoms with van der Waals surface area (Å²) in [5.41, 5.74) is -1.15. The van der Waals surface area contributed by atoms with Crippen molar-refractivity contribution >= 4 is 49.0 Å². The van der Waals surface area contributed by atoms with Crippen LogP contribution in [0.5, 0.6) is 5.75 Å². The number of pyridine rings is 2. The largest absolute Gasteiger partial charge is 0.506 e. The summed E-state index contributed by atoms with van der Waals surface area (Å²) in [6, 6.07) is 6.31. The van der Waals surface area contributed by atoms with Gasteiger partial charge in [0.15, 0.2) is 11.6 Å². The van der Waals surface area contributed by atoms with Crippen LogP contribution in [-0.2, 0) is 16.6 Å². The van der Waals surface area contributed by atoms with Crippen molar-refractivity contribution in [1.29, 1.82) is 0 Å². The van der Waals surface area contributed by atoms with Gasteiger partial charge in [-0.25, -0.2) is 13.4 Å². The minimum atomic E-state index is -4.98. The fourth-order valence-corrected chi connectivity index (χ4v) is 6.03. The molecule has 2 aromatic heterocycles. The average Bonchev–Trinajstić information content (AvgIpc) is 2.77. The number of amidine groups is 1. The van der Waals surface area contributed by atoms with Crippen molar-refractivity contribution in [2.24, 2.45) is 10.3 Å². The van der Waals surface area contributed by atoms with Gasteiger partial charge in [-0.15, -0.1) is 4.40 Å². The van der Waals surface area contributed by atoms with Gasteiger partial charge in [0.2, 0.25) is 10.0 Å². The van der Waals surface area contributed by atoms with Crippen LogP contribution >= 0.6 is 10.8 Å². The van der Waals surface area contributed by atoms with E-state index in [4.69, 9.17) is 0 Å². The van der Waals surface area contributed by atoms with Crippen LogP contribution in [0.2, 0.25) is 0 Å². The summed E-state index contributed by atoms with van der Waals surface area (Å²) in [5, 5.41) is 13.9. The molecule has 0 aliphatic carbocycles. The molecule has 3 aromatic rings. The SMILES string of the molecule is CC(C)CCn1c(=O)c(C2=NS(O)(O)c3cc(NS(=O)(=O)CC(F)(F)F)ccc3N2)c(O)c2cccnc21. The molecule has 5 N–H and O–H groups in total. The number of aromatic hydroxyl groups is 1. The lowest BCUT2D eigenvalue weighted by Gasteiger charge is -2.34. The van der Waals surface area contributed by atoms with E-state index < -0.39 is 44.0 Å². The quantitative estimate of drug-likeness (QED) is 0.277. The number of aromatic nitrogens is 2. The third-order valence-electron chi connectivity index (χ3n) is 5.54. The maximum absolute atomic E-state index is 13.5. The zero-order valence-electron chi connectivity index (χ0n) is 20.0. The summed E-state index contributed by atoms with van der Waals surface area (Å²) in [5.74, 6) is -2.73. The number of nitrogens with zero attached hydrogens (tertiary/aromatic N) is 3. The number of halogens is 3. The van der Waals surface area contributed by atoms with E-state index in [1.54, 1.807) is 16.9 Å². The van der Waals surface area contributed by atoms with E-state index in [9.17, 15) is 40.6 Å². The van der Waals surface area contributed by atoms with Crippen molar-refractivity contribution in [3.63, 3.8) is 0 Å². The van der Waals surface area contributed by atoms with E-state index in [1.807, 2.05) is 13.8 Å². The normalized spacial score (nSPS) is 16.1. The Hall–Kier alpha value is -3.34. The monoisotopic (exact) mass is 575 g/mol. The van der Waals surface area contributed by atoms with Crippen molar-refractivity contribution < 1.29 is 35.8 Å². The Morgan fingerprint density at radius 1 is 1.21 bits per heavy atom. The topological polar surface area (TPSA) is 166 Å². The van der Waals surface area contributed by atoms with E-state index in [1.165, 1.54) is 16.8 Å². The van der Waals surface area contributed by atoms with Gasteiger partial charge < -0.3 is 10.4 Å². The third kappa shape index (κ3) is 5.72. The van der Waals surface area contributed by atoms with E-state index in [0.29, 0.717) is 6.42 Å². The van der Waals surface area contributed by atoms with Gasteiger partial charge in [0.1, 0.15) is 21.9 Å². The minimum Gasteiger partial charge on any atom is -0.506 e. The van der Waals surface area contributed by atoms with Crippen molar-refractivity contribution in [2.75, 3.05) is 15.8 Å². The number of fused-ring (bicyclic) bond motifs is 2. The molecule has 0 radical (unpaired) electrons. The number of aryl methyl sites for hydroxylation is 1. The zero-order valence-corrected chi connectivity index (χ0v) is 21.7. The van der Waals surface area contributed by atoms with Crippen molar-refractivity contribution in [2.45, 2.75) is 37.9 Å². The van der Waals surface area contributed by atoms with E-state index in [0.717, 1.165) is 12.1 Å². The highest BCUT2D eigenvalue weighted by Gasteiger charge is 2.36. The first-order valence-electron chi connectivity index (χ1n) is 11.2. The second-order valence-corrected chi connectivity index (χ2v) is 12.4. The molecule has 0 spiro atoms. The molecule has 38 heavy (non-hydrogen) atoms. The highest BCUT2D eigenvalue weighted by molar-refractivity contribution is 8.23. The van der Waals surface area contributed by atoms with Gasteiger partial charge in [0, 0.05) is 12.7 Å². The molecule has 0 bridgehead atoms. The predicted molar refractivity (Wildman–Crippen MR) is 138 cm³/mol. The Bertz CT molecular complexity index is 1600. The van der Waals surface area contributed by atoms with Crippen molar-refractivity contribution in [3.05, 3.63) is 52.4 Å². The lowest BCUT2D eigenvalue weighted by atomic mass is 10.1. The molecule has 1 aliphatic heterocycles. The highest BCUT2D eigenvalue weighted by Crippen LogP contribution is 2.56. The van der Waals surface area contributed by atoms with Crippen molar-refractivity contribution in [1.82, 2.24) is 9.55 Å². The molecular formula is C22H24F3N5O6S2. The standard InChI is InChI=1S/C22H24F3N5O6S2/c1-12(2)7-9-30-20-14(4-3-8-26-20)18(31)17(21(30)32)19-27-15-6-5-13(10-16(15)38(35,36)29-19)28-37(33,34)11-22(23,24)25/h3-6,8,10,12,28,31,35-36H,7,9,11H2,1-2H3,(H,27,29). The van der Waals surface area contributed by atoms with E-state index >= 15 is 0 Å². The smallest absolute Gasteiger partial charge is 0.404 e. The summed E-state index contributed by atoms with van der Waals surface area (Å²) >= 11 is 0. The molecule has 11 nitrogen and oxygen atoms in total. The van der Waals surface area contributed by atoms with Gasteiger partial charge in [0.25, 0.3) is 5.56 Å². The van der Waals surface area contributed by atoms with Gasteiger partial charge in [-0.2, -0.15) is 13.2 Å². The molecule has 4 rings (SSSR count). The number of sulfonamides is 1. The Morgan fingerprint density at radius 3 is 2.58 bits per heavy atom. The maximum Gasteiger partial charge on any atom is 0.404 e. The van der Waals surface area contributed by atoms with Crippen LogP contribution in [-0.4, -0.2) is 49.9 Å². The molecule has 206 valence electrons. The lowest BCUT2D eigenvalue weighted by Crippen LogP contribution is -2.33. The lowest BCUT2D eigenvalue weighted by molar-refractivity contribution is -0.106. The molecular weight excluding hydrogens is 551 g/mol. The summed E-state index contributed by atoms with van der Waals surface area (Å²) in [6.07, 6.45) is -2.90. The first kappa shape index (κ1) is 27.7. The predicted octanol–water partition coefficient (Wildman–Crippen LogP) is 4.35. The first-order valence-corrected chi connectivity index (χ1v) is 14.3. The van der Waals surface area contributed by atoms with Gasteiger partial charge in [0.05, 0.1) is 16.8 Å². The second kappa shape index (κ2) is 9.76. The summed E-state index contributed by atoms with van der Waals surface area (Å²) in [7, 11) is -8.91. The summed E-state index contributed by atoms with van der Waals surface area (Å²) in [4.78, 5) is 17.4. The average molecular weight is 576 g/mol. The maximum atomic E-state index is 13.5. The fourth-order valence-electron chi connectivity index (χ4n) is 3.85. The molecule has 0 fully saturated rings. The fraction of sp³-hybridized carbons (Fsp3) is 0.318. The summed E-state index contributed by atoms with van der Waals surface area (Å²) in [6.45, 7) is 4.20. The van der Waals surface area contributed by atoms with Gasteiger partial charge in [-0.1, -0.05) is 24.6 Å². The van der Waals surface area contributed by atoms with Crippen LogP contribution in [0.15, 0.2) is 50.6 Å². The highest BCUT2D eigenvalue weighted by atomic mass is 32.3. The van der Waals surface area contributed by atoms with Crippen LogP contribution in [0, 0.1) is 5.92 Å². The number of anilines is 2. The number of alkyl halides is 3. The Balaban J connectivity index is 1.78. The van der Waals surface area contributed by atoms with Gasteiger partial charge >= 0.3 is 6.18 Å². The van der Waals surface area contributed by atoms with Crippen LogP contribution in [0.1, 0.15) is 25.8 Å². The number of rotatable bonds is 7. The Kier molecular flexibility index (Phi) is 7.11. The van der Waals surface area contributed by atoms with Crippen LogP contribution in [0.3, 0.4) is 0 Å². The second-order valence-electron chi connectivity index (χ2n) is 9.01. The third-order valence-corrected chi connectivity index (χ3v) is 8.15. The van der Waals surface area contributed by atoms with Gasteiger partial charge in [-0.05, 0) is 42.7 Å². The number of nitrogens with one attached hydrogen (secondary N) is 2. The number of hydrogen-bond donors (Lipinski definition) is 5. The molecule has 16 heteroatoms. The number of benzene rings is 1. The molecule has 1 aromatic carbocycles. The Labute approximate surface area is 216 Å². The van der Waals surface area contributed by atoms with E-state index in [-0.39, 0.29) is 51.2 Å². The molecule has 0 atom stereocenters. The first-order chi connectivity index (χ1) is 17.6. The minimum absolute atomic E-state index is 0.00687. The van der Waals surface area contributed by atoms with Crippen molar-refractivity contribution in [3.8, 4) is 5.75 Å². The number of hydrogen-bond acceptors (Lipinski definition) is 9. The summed E-state index contributed by atoms with van der Waals surface area (Å²) < 4.78 is 89.8. The zero-order chi connectivity index (χ0) is 28.0. The molecule has 3 heterocycles. The van der Waals surface area contributed by atoms with E-state index in [2.05, 4.69) is 14.7 Å². The Morgan fingerprint density at radius 2 is 1.92 bits per heavy atom. The molecule has 0 saturated heterocycles. The van der Waals surface area contributed by atoms with Crippen LogP contribution in [0.4, 0.5) is 24.5 Å². The molecule has 0 unspecified atom stereocenters. The van der Waals surface area contributed by atoms with Crippen LogP contribution in [0.25, 0.3) is 11.0 Å². The molecule has 1 aliphatic rings. The molecule has 0 saturated carbocycles. The van der Waals surface area contributed by atoms with Gasteiger partial charge in [-0.3, -0.25) is 23.2 Å². The van der Waals surface area contributed by atoms with Crippen LogP contribution < -0.4 is 15.6 Å².